The van der Waals surface area contributed by atoms with Crippen LogP contribution in [0.5, 0.6) is 0 Å². The number of rotatable bonds is 10. The number of H-pyrrole nitrogens is 2. The number of aromatic nitrogens is 4. The highest BCUT2D eigenvalue weighted by molar-refractivity contribution is 5.90. The van der Waals surface area contributed by atoms with Crippen LogP contribution in [0.1, 0.15) is 138 Å². The standard InChI is InChI=1S/C60H72N8O6/c1-33(2)53(65-59(71)73-5)57(69)67-49-13-9-7-11-41(49)31-51(67)55-61-45-25-23-39(29-47(45)63-55)43-27-38-22-20-36-17-15-35(16-18-36)19-21-37(43)28-44(38)40-24-26-46-48(30-40)64-56(62-46)52-32-42-12-8-10-14-50(42)68(52)58(70)54(34(3)4)66-60(72)74-6/h15-18,23-30,33-34,41-42,49-54H,7-14,19-22,31-32H2,1-6H3,(H,61,63)(H,62,64)(H,65,71)(H,66,72)/t41?,42?,49?,50?,51-,52-,53-,54-/m0/s1. The number of hydrogen-bond acceptors (Lipinski definition) is 8. The number of hydrogen-bond donors (Lipinski definition) is 4. The number of carbonyl (C=O) groups excluding carboxylic acids is 4. The van der Waals surface area contributed by atoms with Crippen LogP contribution in [-0.2, 0) is 44.7 Å². The Hall–Kier alpha value is -6.70. The molecule has 74 heavy (non-hydrogen) atoms. The van der Waals surface area contributed by atoms with Crippen LogP contribution in [0.2, 0.25) is 0 Å². The molecule has 6 aliphatic carbocycles. The van der Waals surface area contributed by atoms with E-state index < -0.39 is 24.3 Å². The first-order valence-corrected chi connectivity index (χ1v) is 27.4. The van der Waals surface area contributed by atoms with Crippen molar-refractivity contribution in [2.24, 2.45) is 23.7 Å². The van der Waals surface area contributed by atoms with Gasteiger partial charge in [0.25, 0.3) is 0 Å². The van der Waals surface area contributed by atoms with Gasteiger partial charge in [-0.2, -0.15) is 0 Å². The normalized spacial score (nSPS) is 23.4. The Morgan fingerprint density at radius 2 is 0.959 bits per heavy atom. The number of ether oxygens (including phenoxy) is 2. The first-order valence-electron chi connectivity index (χ1n) is 27.4. The van der Waals surface area contributed by atoms with Gasteiger partial charge in [-0.3, -0.25) is 9.59 Å². The Kier molecular flexibility index (Phi) is 13.7. The summed E-state index contributed by atoms with van der Waals surface area (Å²) in [5.41, 5.74) is 13.4. The van der Waals surface area contributed by atoms with Gasteiger partial charge < -0.3 is 39.9 Å². The fraction of sp³-hybridized carbons (Fsp3) is 0.500. The van der Waals surface area contributed by atoms with Gasteiger partial charge in [0.05, 0.1) is 48.4 Å². The van der Waals surface area contributed by atoms with Gasteiger partial charge in [0, 0.05) is 12.1 Å². The van der Waals surface area contributed by atoms with E-state index in [0.717, 1.165) is 135 Å². The van der Waals surface area contributed by atoms with E-state index in [9.17, 15) is 19.2 Å². The monoisotopic (exact) mass is 1000 g/mol. The minimum Gasteiger partial charge on any atom is -0.453 e. The molecule has 4 bridgehead atoms. The predicted molar refractivity (Wildman–Crippen MR) is 286 cm³/mol. The predicted octanol–water partition coefficient (Wildman–Crippen LogP) is 11.1. The van der Waals surface area contributed by atoms with E-state index >= 15 is 0 Å². The van der Waals surface area contributed by atoms with Gasteiger partial charge in [-0.25, -0.2) is 19.6 Å². The maximum absolute atomic E-state index is 14.6. The second-order valence-corrected chi connectivity index (χ2v) is 22.6. The molecule has 2 aromatic heterocycles. The van der Waals surface area contributed by atoms with E-state index in [2.05, 4.69) is 103 Å². The number of alkyl carbamates (subject to hydrolysis) is 2. The molecular formula is C60H72N8O6. The Bertz CT molecular complexity index is 2880. The second kappa shape index (κ2) is 20.5. The van der Waals surface area contributed by atoms with Crippen molar-refractivity contribution in [1.29, 1.82) is 0 Å². The molecule has 388 valence electrons. The molecule has 8 atom stereocenters. The number of benzene rings is 4. The van der Waals surface area contributed by atoms with Crippen molar-refractivity contribution < 1.29 is 28.7 Å². The van der Waals surface area contributed by atoms with E-state index in [1.54, 1.807) is 0 Å². The van der Waals surface area contributed by atoms with E-state index in [1.165, 1.54) is 47.6 Å². The summed E-state index contributed by atoms with van der Waals surface area (Å²) in [6.45, 7) is 7.85. The number of imidazole rings is 2. The molecule has 8 aliphatic rings. The molecule has 4 fully saturated rings. The minimum atomic E-state index is -0.708. The Morgan fingerprint density at radius 1 is 0.554 bits per heavy atom. The van der Waals surface area contributed by atoms with Gasteiger partial charge in [-0.15, -0.1) is 0 Å². The fourth-order valence-electron chi connectivity index (χ4n) is 13.5. The van der Waals surface area contributed by atoms with Crippen molar-refractivity contribution in [2.45, 2.75) is 154 Å². The van der Waals surface area contributed by atoms with Gasteiger partial charge in [-0.1, -0.05) is 102 Å². The molecule has 6 aromatic rings. The summed E-state index contributed by atoms with van der Waals surface area (Å²) >= 11 is 0. The van der Waals surface area contributed by atoms with E-state index in [0.29, 0.717) is 11.8 Å². The summed E-state index contributed by atoms with van der Waals surface area (Å²) in [6, 6.07) is 25.4. The maximum Gasteiger partial charge on any atom is 0.407 e. The molecule has 14 heteroatoms. The molecule has 4 amide bonds. The number of aryl methyl sites for hydroxylation is 4. The molecule has 0 spiro atoms. The van der Waals surface area contributed by atoms with Crippen LogP contribution < -0.4 is 10.6 Å². The summed E-state index contributed by atoms with van der Waals surface area (Å²) in [4.78, 5) is 76.1. The molecule has 0 radical (unpaired) electrons. The zero-order valence-electron chi connectivity index (χ0n) is 43.8. The highest BCUT2D eigenvalue weighted by Gasteiger charge is 2.50. The molecule has 2 aliphatic heterocycles. The lowest BCUT2D eigenvalue weighted by molar-refractivity contribution is -0.139. The van der Waals surface area contributed by atoms with Crippen molar-refractivity contribution in [3.8, 4) is 22.3 Å². The minimum absolute atomic E-state index is 0.0750. The van der Waals surface area contributed by atoms with Gasteiger partial charge in [0.1, 0.15) is 23.7 Å². The molecule has 4 heterocycles. The number of amides is 4. The molecular weight excluding hydrogens is 929 g/mol. The van der Waals surface area contributed by atoms with Crippen LogP contribution >= 0.6 is 0 Å². The number of methoxy groups -OCH3 is 2. The average molecular weight is 1000 g/mol. The highest BCUT2D eigenvalue weighted by atomic mass is 16.5. The number of nitrogens with zero attached hydrogens (tertiary/aromatic N) is 4. The SMILES string of the molecule is COC(=O)N[C@H](C(=O)N1C2CCCCC2C[C@H]1c1nc2ccc(-c3cc4c(-c5ccc6nc([C@@H]7CC8CCCCC8N7C(=O)[C@@H](NC(=O)OC)C(C)C)[nH]c6c5)cc3CCc3ccc(cc3)CC4)cc2[nH]1)C(C)C. The van der Waals surface area contributed by atoms with Crippen LogP contribution in [-0.4, -0.2) is 92.1 Å². The summed E-state index contributed by atoms with van der Waals surface area (Å²) in [5, 5.41) is 5.69. The largest absolute Gasteiger partial charge is 0.453 e. The lowest BCUT2D eigenvalue weighted by Crippen LogP contribution is -2.53. The number of likely N-dealkylation sites (tertiary alicyclic amines) is 2. The second-order valence-electron chi connectivity index (χ2n) is 22.6. The molecule has 14 nitrogen and oxygen atoms in total. The molecule has 2 saturated heterocycles. The lowest BCUT2D eigenvalue weighted by atomic mass is 9.84. The van der Waals surface area contributed by atoms with Crippen LogP contribution in [0.3, 0.4) is 0 Å². The van der Waals surface area contributed by atoms with E-state index in [4.69, 9.17) is 19.4 Å². The molecule has 4 unspecified atom stereocenters. The third-order valence-corrected chi connectivity index (χ3v) is 17.4. The topological polar surface area (TPSA) is 175 Å². The summed E-state index contributed by atoms with van der Waals surface area (Å²) in [7, 11) is 2.66. The zero-order chi connectivity index (χ0) is 51.4. The molecule has 4 N–H and O–H groups in total. The average Bonchev–Trinajstić information content (AvgIpc) is 4.22. The molecule has 2 saturated carbocycles. The highest BCUT2D eigenvalue weighted by Crippen LogP contribution is 2.48. The van der Waals surface area contributed by atoms with Gasteiger partial charge in [0.2, 0.25) is 11.8 Å². The Labute approximate surface area is 434 Å². The van der Waals surface area contributed by atoms with Crippen molar-refractivity contribution >= 4 is 46.1 Å². The van der Waals surface area contributed by atoms with Crippen LogP contribution in [0.25, 0.3) is 44.3 Å². The number of aromatic amines is 2. The van der Waals surface area contributed by atoms with Gasteiger partial charge >= 0.3 is 12.2 Å². The van der Waals surface area contributed by atoms with Crippen LogP contribution in [0, 0.1) is 23.7 Å². The van der Waals surface area contributed by atoms with Crippen molar-refractivity contribution in [3.05, 3.63) is 107 Å². The number of carbonyl (C=O) groups is 4. The quantitative estimate of drug-likeness (QED) is 0.105. The molecule has 14 rings (SSSR count). The van der Waals surface area contributed by atoms with E-state index in [1.807, 2.05) is 27.7 Å². The Balaban J connectivity index is 0.941. The number of fused-ring (bicyclic) bond motifs is 4. The summed E-state index contributed by atoms with van der Waals surface area (Å²) < 4.78 is 9.91. The zero-order valence-corrected chi connectivity index (χ0v) is 43.8. The van der Waals surface area contributed by atoms with Crippen LogP contribution in [0.4, 0.5) is 9.59 Å². The van der Waals surface area contributed by atoms with Gasteiger partial charge in [0.15, 0.2) is 0 Å². The van der Waals surface area contributed by atoms with Crippen molar-refractivity contribution in [1.82, 2.24) is 40.4 Å². The summed E-state index contributed by atoms with van der Waals surface area (Å²) in [5.74, 6) is 1.95. The fourth-order valence-corrected chi connectivity index (χ4v) is 13.5. The number of nitrogens with one attached hydrogen (secondary N) is 4. The van der Waals surface area contributed by atoms with Crippen LogP contribution in [0.15, 0.2) is 72.8 Å². The van der Waals surface area contributed by atoms with Crippen molar-refractivity contribution in [3.63, 3.8) is 0 Å². The van der Waals surface area contributed by atoms with Gasteiger partial charge in [-0.05, 0) is 157 Å². The maximum atomic E-state index is 14.6. The Morgan fingerprint density at radius 3 is 1.35 bits per heavy atom. The first-order chi connectivity index (χ1) is 35.8. The smallest absolute Gasteiger partial charge is 0.407 e. The lowest BCUT2D eigenvalue weighted by Gasteiger charge is -2.36. The summed E-state index contributed by atoms with van der Waals surface area (Å²) in [6.07, 6.45) is 12.5. The van der Waals surface area contributed by atoms with E-state index in [-0.39, 0.29) is 47.8 Å². The molecule has 4 aromatic carbocycles. The first kappa shape index (κ1) is 49.5. The third kappa shape index (κ3) is 9.42. The van der Waals surface area contributed by atoms with Crippen molar-refractivity contribution in [2.75, 3.05) is 14.2 Å². The third-order valence-electron chi connectivity index (χ3n) is 17.4.